The molecule has 0 heterocycles. The van der Waals surface area contributed by atoms with E-state index in [1.165, 1.54) is 12.8 Å². The van der Waals surface area contributed by atoms with Gasteiger partial charge in [0.25, 0.3) is 0 Å². The first kappa shape index (κ1) is 30.0. The Morgan fingerprint density at radius 2 is 1.59 bits per heavy atom. The molecule has 32 heavy (non-hydrogen) atoms. The predicted molar refractivity (Wildman–Crippen MR) is 132 cm³/mol. The number of rotatable bonds is 19. The van der Waals surface area contributed by atoms with E-state index in [0.29, 0.717) is 19.4 Å². The van der Waals surface area contributed by atoms with Gasteiger partial charge < -0.3 is 21.3 Å². The van der Waals surface area contributed by atoms with Gasteiger partial charge in [-0.2, -0.15) is 0 Å². The van der Waals surface area contributed by atoms with Gasteiger partial charge in [0, 0.05) is 6.42 Å². The van der Waals surface area contributed by atoms with E-state index < -0.39 is 18.0 Å². The number of carbonyl (C=O) groups is 2. The molecule has 0 aromatic rings. The number of ether oxygens (including phenoxy) is 1. The van der Waals surface area contributed by atoms with Gasteiger partial charge in [-0.1, -0.05) is 81.2 Å². The predicted octanol–water partition coefficient (Wildman–Crippen LogP) is 4.63. The molecule has 0 saturated heterocycles. The summed E-state index contributed by atoms with van der Waals surface area (Å²) in [6.45, 7) is 2.71. The van der Waals surface area contributed by atoms with Crippen molar-refractivity contribution in [3.8, 4) is 0 Å². The number of aliphatic hydroxyl groups excluding tert-OH is 1. The lowest BCUT2D eigenvalue weighted by Crippen LogP contribution is -2.33. The van der Waals surface area contributed by atoms with Crippen LogP contribution in [-0.2, 0) is 14.3 Å². The SMILES string of the molecule is CCCCCC(O)C=CC=CCC=CCC=CCCCC(=O)OC(=O)[C@@H](N)CCCCN. The molecular formula is C26H44N2O4. The van der Waals surface area contributed by atoms with E-state index in [9.17, 15) is 14.7 Å². The second-order valence-corrected chi connectivity index (χ2v) is 7.87. The molecule has 0 bridgehead atoms. The van der Waals surface area contributed by atoms with Crippen molar-refractivity contribution in [2.24, 2.45) is 11.5 Å². The zero-order valence-corrected chi connectivity index (χ0v) is 19.8. The second kappa shape index (κ2) is 22.2. The molecule has 0 radical (unpaired) electrons. The first-order chi connectivity index (χ1) is 15.5. The summed E-state index contributed by atoms with van der Waals surface area (Å²) in [5, 5.41) is 9.77. The van der Waals surface area contributed by atoms with Crippen molar-refractivity contribution in [1.82, 2.24) is 0 Å². The molecule has 182 valence electrons. The highest BCUT2D eigenvalue weighted by molar-refractivity contribution is 5.88. The maximum atomic E-state index is 11.7. The van der Waals surface area contributed by atoms with Crippen LogP contribution in [0.5, 0.6) is 0 Å². The third-order valence-corrected chi connectivity index (χ3v) is 4.80. The van der Waals surface area contributed by atoms with Gasteiger partial charge in [0.2, 0.25) is 0 Å². The average molecular weight is 449 g/mol. The molecule has 0 aliphatic heterocycles. The molecule has 5 N–H and O–H groups in total. The van der Waals surface area contributed by atoms with E-state index in [1.54, 1.807) is 0 Å². The van der Waals surface area contributed by atoms with Crippen molar-refractivity contribution in [3.05, 3.63) is 48.6 Å². The van der Waals surface area contributed by atoms with Gasteiger partial charge in [-0.3, -0.25) is 4.79 Å². The van der Waals surface area contributed by atoms with E-state index in [4.69, 9.17) is 16.2 Å². The van der Waals surface area contributed by atoms with Gasteiger partial charge in [0.05, 0.1) is 6.10 Å². The molecule has 0 spiro atoms. The Hall–Kier alpha value is -2.02. The molecule has 0 saturated carbocycles. The zero-order valence-electron chi connectivity index (χ0n) is 19.8. The van der Waals surface area contributed by atoms with Crippen molar-refractivity contribution in [2.45, 2.75) is 96.1 Å². The summed E-state index contributed by atoms with van der Waals surface area (Å²) < 4.78 is 4.78. The number of allylic oxidation sites excluding steroid dienone is 7. The van der Waals surface area contributed by atoms with Gasteiger partial charge in [-0.15, -0.1) is 0 Å². The summed E-state index contributed by atoms with van der Waals surface area (Å²) in [6, 6.07) is -0.759. The van der Waals surface area contributed by atoms with Crippen molar-refractivity contribution in [2.75, 3.05) is 6.54 Å². The Morgan fingerprint density at radius 3 is 2.31 bits per heavy atom. The molecule has 0 aromatic heterocycles. The third kappa shape index (κ3) is 19.9. The van der Waals surface area contributed by atoms with Crippen LogP contribution < -0.4 is 11.5 Å². The fourth-order valence-electron chi connectivity index (χ4n) is 2.84. The lowest BCUT2D eigenvalue weighted by Gasteiger charge is -2.09. The van der Waals surface area contributed by atoms with E-state index in [-0.39, 0.29) is 12.5 Å². The van der Waals surface area contributed by atoms with Crippen molar-refractivity contribution >= 4 is 11.9 Å². The minimum absolute atomic E-state index is 0.201. The highest BCUT2D eigenvalue weighted by Gasteiger charge is 2.17. The quantitative estimate of drug-likeness (QED) is 0.0872. The number of hydrogen-bond acceptors (Lipinski definition) is 6. The first-order valence-electron chi connectivity index (χ1n) is 12.0. The summed E-state index contributed by atoms with van der Waals surface area (Å²) in [7, 11) is 0. The lowest BCUT2D eigenvalue weighted by molar-refractivity contribution is -0.160. The smallest absolute Gasteiger partial charge is 0.330 e. The van der Waals surface area contributed by atoms with Crippen LogP contribution in [-0.4, -0.2) is 35.7 Å². The number of nitrogens with two attached hydrogens (primary N) is 2. The van der Waals surface area contributed by atoms with Crippen LogP contribution in [0.3, 0.4) is 0 Å². The number of aliphatic hydroxyl groups is 1. The molecule has 0 fully saturated rings. The van der Waals surface area contributed by atoms with Crippen LogP contribution in [0.15, 0.2) is 48.6 Å². The molecule has 0 aliphatic carbocycles. The summed E-state index contributed by atoms with van der Waals surface area (Å²) >= 11 is 0. The van der Waals surface area contributed by atoms with Gasteiger partial charge in [0.15, 0.2) is 0 Å². The molecular weight excluding hydrogens is 404 g/mol. The van der Waals surface area contributed by atoms with Crippen LogP contribution in [0.1, 0.15) is 84.0 Å². The van der Waals surface area contributed by atoms with E-state index in [1.807, 2.05) is 30.4 Å². The molecule has 0 aliphatic rings. The Balaban J connectivity index is 3.75. The van der Waals surface area contributed by atoms with E-state index in [0.717, 1.165) is 44.9 Å². The molecule has 6 nitrogen and oxygen atoms in total. The van der Waals surface area contributed by atoms with Gasteiger partial charge in [0.1, 0.15) is 6.04 Å². The Bertz CT molecular complexity index is 597. The van der Waals surface area contributed by atoms with Gasteiger partial charge in [-0.05, 0) is 51.5 Å². The monoisotopic (exact) mass is 448 g/mol. The molecule has 2 atom stereocenters. The maximum Gasteiger partial charge on any atom is 0.330 e. The van der Waals surface area contributed by atoms with Crippen molar-refractivity contribution in [3.63, 3.8) is 0 Å². The third-order valence-electron chi connectivity index (χ3n) is 4.80. The van der Waals surface area contributed by atoms with Crippen molar-refractivity contribution in [1.29, 1.82) is 0 Å². The number of esters is 2. The Labute approximate surface area is 194 Å². The van der Waals surface area contributed by atoms with Crippen molar-refractivity contribution < 1.29 is 19.4 Å². The first-order valence-corrected chi connectivity index (χ1v) is 12.0. The standard InChI is InChI=1S/C26H44N2O4/c1-2-3-13-18-23(29)19-14-11-9-7-5-4-6-8-10-12-15-21-25(30)32-26(31)24(28)20-16-17-22-27/h4-5,8-11,14,19,23-24,29H,2-3,6-7,12-13,15-18,20-22,27-28H2,1H3/t23?,24-/m0/s1. The van der Waals surface area contributed by atoms with E-state index in [2.05, 4.69) is 25.2 Å². The number of carbonyl (C=O) groups excluding carboxylic acids is 2. The van der Waals surface area contributed by atoms with Gasteiger partial charge in [-0.25, -0.2) is 4.79 Å². The van der Waals surface area contributed by atoms with Crippen LogP contribution >= 0.6 is 0 Å². The largest absolute Gasteiger partial charge is 0.392 e. The minimum atomic E-state index is -0.759. The summed E-state index contributed by atoms with van der Waals surface area (Å²) in [6.07, 6.45) is 25.2. The molecule has 1 unspecified atom stereocenters. The van der Waals surface area contributed by atoms with Crippen LogP contribution in [0.4, 0.5) is 0 Å². The van der Waals surface area contributed by atoms with Gasteiger partial charge >= 0.3 is 11.9 Å². The molecule has 6 heteroatoms. The molecule has 0 amide bonds. The number of hydrogen-bond donors (Lipinski definition) is 3. The topological polar surface area (TPSA) is 116 Å². The fraction of sp³-hybridized carbons (Fsp3) is 0.615. The summed E-state index contributed by atoms with van der Waals surface area (Å²) in [4.78, 5) is 23.4. The second-order valence-electron chi connectivity index (χ2n) is 7.87. The normalized spacial score (nSPS) is 14.1. The Morgan fingerprint density at radius 1 is 0.906 bits per heavy atom. The fourth-order valence-corrected chi connectivity index (χ4v) is 2.84. The molecule has 0 rings (SSSR count). The highest BCUT2D eigenvalue weighted by Crippen LogP contribution is 2.05. The lowest BCUT2D eigenvalue weighted by atomic mass is 10.1. The highest BCUT2D eigenvalue weighted by atomic mass is 16.6. The molecule has 0 aromatic carbocycles. The zero-order chi connectivity index (χ0) is 23.9. The average Bonchev–Trinajstić information content (AvgIpc) is 2.77. The van der Waals surface area contributed by atoms with Crippen LogP contribution in [0, 0.1) is 0 Å². The minimum Gasteiger partial charge on any atom is -0.392 e. The summed E-state index contributed by atoms with van der Waals surface area (Å²) in [5.74, 6) is -1.17. The van der Waals surface area contributed by atoms with Crippen LogP contribution in [0.2, 0.25) is 0 Å². The van der Waals surface area contributed by atoms with Crippen LogP contribution in [0.25, 0.3) is 0 Å². The maximum absolute atomic E-state index is 11.7. The summed E-state index contributed by atoms with van der Waals surface area (Å²) in [5.41, 5.74) is 11.1. The number of unbranched alkanes of at least 4 members (excludes halogenated alkanes) is 4. The Kier molecular flexibility index (Phi) is 20.8. The van der Waals surface area contributed by atoms with E-state index >= 15 is 0 Å².